The second-order valence-electron chi connectivity index (χ2n) is 5.92. The van der Waals surface area contributed by atoms with Crippen LogP contribution in [0, 0.1) is 6.57 Å². The smallest absolute Gasteiger partial charge is 0.330 e. The van der Waals surface area contributed by atoms with Crippen molar-refractivity contribution in [1.29, 1.82) is 0 Å². The first kappa shape index (κ1) is 16.9. The second-order valence-corrected chi connectivity index (χ2v) is 7.27. The molecule has 3 fully saturated rings. The van der Waals surface area contributed by atoms with E-state index in [1.165, 1.54) is 16.8 Å². The van der Waals surface area contributed by atoms with Gasteiger partial charge < -0.3 is 23.4 Å². The Labute approximate surface area is 147 Å². The minimum Gasteiger partial charge on any atom is -0.370 e. The predicted molar refractivity (Wildman–Crippen MR) is 89.3 cm³/mol. The molecule has 136 valence electrons. The quantitative estimate of drug-likeness (QED) is 0.454. The Morgan fingerprint density at radius 1 is 1.64 bits per heavy atom. The summed E-state index contributed by atoms with van der Waals surface area (Å²) in [6.45, 7) is 9.20. The minimum atomic E-state index is -1.22. The molecule has 3 aliphatic rings. The summed E-state index contributed by atoms with van der Waals surface area (Å²) < 4.78 is 32.6. The first-order valence-electron chi connectivity index (χ1n) is 8.46. The molecular formula is C15H20N3O6P. The number of aromatic amines is 1. The third-order valence-electron chi connectivity index (χ3n) is 4.13. The Morgan fingerprint density at radius 3 is 3.20 bits per heavy atom. The molecule has 1 aromatic heterocycles. The van der Waals surface area contributed by atoms with Crippen LogP contribution in [0.2, 0.25) is 0 Å². The van der Waals surface area contributed by atoms with Gasteiger partial charge in [0.1, 0.15) is 18.3 Å². The van der Waals surface area contributed by atoms with Gasteiger partial charge in [-0.2, -0.15) is 0 Å². The van der Waals surface area contributed by atoms with Gasteiger partial charge in [-0.05, 0) is 6.90 Å². The molecule has 4 rings (SSSR count). The van der Waals surface area contributed by atoms with Gasteiger partial charge in [-0.1, -0.05) is 0 Å². The highest BCUT2D eigenvalue weighted by atomic mass is 31.2. The van der Waals surface area contributed by atoms with E-state index in [0.717, 1.165) is 0 Å². The van der Waals surface area contributed by atoms with Crippen LogP contribution in [0.5, 0.6) is 0 Å². The van der Waals surface area contributed by atoms with Crippen molar-refractivity contribution in [3.63, 3.8) is 0 Å². The number of H-pyrrole nitrogens is 1. The number of ether oxygens (including phenoxy) is 2. The first-order chi connectivity index (χ1) is 12.5. The Morgan fingerprint density at radius 2 is 2.48 bits per heavy atom. The van der Waals surface area contributed by atoms with Crippen molar-refractivity contribution in [2.75, 3.05) is 26.4 Å². The maximum atomic E-state index is 12.1. The molecule has 0 radical (unpaired) electrons. The molecule has 0 aliphatic carbocycles. The summed E-state index contributed by atoms with van der Waals surface area (Å²) in [5.41, 5.74) is -2.09. The lowest BCUT2D eigenvalue weighted by molar-refractivity contribution is -0.318. The summed E-state index contributed by atoms with van der Waals surface area (Å²) in [6, 6.07) is 1.24. The lowest BCUT2D eigenvalue weighted by Crippen LogP contribution is -2.63. The van der Waals surface area contributed by atoms with Crippen LogP contribution in [0.25, 0.3) is 4.85 Å². The maximum Gasteiger partial charge on any atom is 0.330 e. The SMILES string of the molecule is [2H]CC12COC(CC1OP(C)OCC[N+]#[C-])C(n1ccc(=O)[nH]c1=O)O2. The fourth-order valence-electron chi connectivity index (χ4n) is 2.89. The van der Waals surface area contributed by atoms with E-state index in [4.69, 9.17) is 26.5 Å². The molecule has 2 bridgehead atoms. The molecule has 0 saturated carbocycles. The number of nitrogens with one attached hydrogen (secondary N) is 1. The van der Waals surface area contributed by atoms with E-state index in [0.29, 0.717) is 13.0 Å². The largest absolute Gasteiger partial charge is 0.370 e. The molecule has 9 nitrogen and oxygen atoms in total. The van der Waals surface area contributed by atoms with Gasteiger partial charge in [0, 0.05) is 26.7 Å². The van der Waals surface area contributed by atoms with Crippen molar-refractivity contribution < 1.29 is 19.9 Å². The molecule has 4 heterocycles. The molecule has 3 aliphatic heterocycles. The van der Waals surface area contributed by atoms with E-state index in [9.17, 15) is 9.59 Å². The first-order valence-corrected chi connectivity index (χ1v) is 9.38. The second kappa shape index (κ2) is 7.36. The topological polar surface area (TPSA) is 96.1 Å². The molecule has 25 heavy (non-hydrogen) atoms. The van der Waals surface area contributed by atoms with E-state index in [1.54, 1.807) is 6.66 Å². The van der Waals surface area contributed by atoms with Gasteiger partial charge in [-0.15, -0.1) is 0 Å². The number of rotatable bonds is 6. The normalized spacial score (nSPS) is 32.8. The number of aromatic nitrogens is 2. The van der Waals surface area contributed by atoms with E-state index < -0.39 is 43.7 Å². The van der Waals surface area contributed by atoms with Crippen LogP contribution in [-0.2, 0) is 18.5 Å². The van der Waals surface area contributed by atoms with Crippen molar-refractivity contribution in [2.45, 2.75) is 37.4 Å². The van der Waals surface area contributed by atoms with Gasteiger partial charge in [-0.25, -0.2) is 11.4 Å². The molecule has 5 unspecified atom stereocenters. The average molecular weight is 370 g/mol. The van der Waals surface area contributed by atoms with E-state index >= 15 is 0 Å². The van der Waals surface area contributed by atoms with Crippen LogP contribution in [0.4, 0.5) is 0 Å². The van der Waals surface area contributed by atoms with Crippen molar-refractivity contribution >= 4 is 8.38 Å². The minimum absolute atomic E-state index is 0.107. The van der Waals surface area contributed by atoms with Crippen molar-refractivity contribution in [3.8, 4) is 0 Å². The third-order valence-corrected chi connectivity index (χ3v) is 5.22. The molecule has 5 atom stereocenters. The number of nitrogens with zero attached hydrogens (tertiary/aromatic N) is 2. The predicted octanol–water partition coefficient (Wildman–Crippen LogP) is 0.876. The number of fused-ring (bicyclic) bond motifs is 3. The molecule has 10 heteroatoms. The van der Waals surface area contributed by atoms with E-state index in [-0.39, 0.29) is 20.1 Å². The third kappa shape index (κ3) is 3.84. The van der Waals surface area contributed by atoms with Gasteiger partial charge in [0.2, 0.25) is 6.54 Å². The van der Waals surface area contributed by atoms with Gasteiger partial charge in [0.25, 0.3) is 5.56 Å². The molecule has 0 spiro atoms. The van der Waals surface area contributed by atoms with Crippen LogP contribution in [0.15, 0.2) is 21.9 Å². The van der Waals surface area contributed by atoms with Crippen molar-refractivity contribution in [2.24, 2.45) is 0 Å². The summed E-state index contributed by atoms with van der Waals surface area (Å²) in [6.07, 6.45) is 0.225. The zero-order valence-corrected chi connectivity index (χ0v) is 14.6. The molecule has 1 N–H and O–H groups in total. The average Bonchev–Trinajstić information content (AvgIpc) is 2.63. The van der Waals surface area contributed by atoms with Gasteiger partial charge in [0.15, 0.2) is 14.6 Å². The lowest BCUT2D eigenvalue weighted by atomic mass is 9.87. The Hall–Kier alpha value is -1.56. The van der Waals surface area contributed by atoms with E-state index in [2.05, 4.69) is 9.83 Å². The summed E-state index contributed by atoms with van der Waals surface area (Å²) in [4.78, 5) is 28.8. The monoisotopic (exact) mass is 370 g/mol. The summed E-state index contributed by atoms with van der Waals surface area (Å²) in [5, 5.41) is 0. The molecular weight excluding hydrogens is 349 g/mol. The number of hydrogen-bond acceptors (Lipinski definition) is 6. The Bertz CT molecular complexity index is 795. The standard InChI is InChI=1S/C15H20N3O6P/c1-15-9-21-10(8-11(15)24-25(3)22-7-5-16-2)13(23-15)18-6-4-12(19)17-14(18)20/h4,6,10-11,13H,5,7-9H2,1,3H3,(H,17,19,20)/i1D. The highest BCUT2D eigenvalue weighted by molar-refractivity contribution is 7.46. The fraction of sp³-hybridized carbons (Fsp3) is 0.667. The zero-order valence-electron chi connectivity index (χ0n) is 14.7. The Kier molecular flexibility index (Phi) is 4.97. The zero-order chi connectivity index (χ0) is 18.7. The van der Waals surface area contributed by atoms with E-state index in [1.807, 2.05) is 0 Å². The summed E-state index contributed by atoms with van der Waals surface area (Å²) >= 11 is 0. The summed E-state index contributed by atoms with van der Waals surface area (Å²) in [5.74, 6) is 0. The van der Waals surface area contributed by atoms with Crippen LogP contribution >= 0.6 is 8.38 Å². The van der Waals surface area contributed by atoms with Gasteiger partial charge >= 0.3 is 5.69 Å². The highest BCUT2D eigenvalue weighted by Gasteiger charge is 2.53. The fourth-order valence-corrected chi connectivity index (χ4v) is 3.92. The summed E-state index contributed by atoms with van der Waals surface area (Å²) in [7, 11) is -1.22. The molecule has 3 saturated heterocycles. The van der Waals surface area contributed by atoms with Crippen molar-refractivity contribution in [3.05, 3.63) is 44.5 Å². The van der Waals surface area contributed by atoms with Crippen LogP contribution in [-0.4, -0.2) is 53.8 Å². The molecule has 1 aromatic rings. The molecule has 0 aromatic carbocycles. The highest BCUT2D eigenvalue weighted by Crippen LogP contribution is 2.47. The maximum absolute atomic E-state index is 12.1. The number of hydrogen-bond donors (Lipinski definition) is 1. The van der Waals surface area contributed by atoms with Crippen LogP contribution in [0.1, 0.15) is 20.9 Å². The molecule has 0 amide bonds. The van der Waals surface area contributed by atoms with Gasteiger partial charge in [-0.3, -0.25) is 14.3 Å². The van der Waals surface area contributed by atoms with Crippen molar-refractivity contribution in [1.82, 2.24) is 9.55 Å². The Balaban J connectivity index is 1.75. The van der Waals surface area contributed by atoms with Crippen LogP contribution < -0.4 is 11.2 Å². The van der Waals surface area contributed by atoms with Crippen LogP contribution in [0.3, 0.4) is 0 Å². The lowest BCUT2D eigenvalue weighted by Gasteiger charge is -2.53. The van der Waals surface area contributed by atoms with Gasteiger partial charge in [0.05, 0.1) is 12.7 Å².